The van der Waals surface area contributed by atoms with Crippen molar-refractivity contribution in [3.8, 4) is 17.1 Å². The summed E-state index contributed by atoms with van der Waals surface area (Å²) in [6.45, 7) is 3.99. The molecule has 24 heavy (non-hydrogen) atoms. The molecule has 0 aliphatic heterocycles. The van der Waals surface area contributed by atoms with Crippen molar-refractivity contribution >= 4 is 11.0 Å². The van der Waals surface area contributed by atoms with Gasteiger partial charge in [-0.3, -0.25) is 9.36 Å². The van der Waals surface area contributed by atoms with Crippen LogP contribution >= 0.6 is 0 Å². The van der Waals surface area contributed by atoms with E-state index in [-0.39, 0.29) is 5.56 Å². The fraction of sp³-hybridized carbons (Fsp3) is 0.100. The molecule has 0 amide bonds. The van der Waals surface area contributed by atoms with E-state index in [2.05, 4.69) is 4.98 Å². The summed E-state index contributed by atoms with van der Waals surface area (Å²) >= 11 is 0. The number of aromatic amines is 1. The lowest BCUT2D eigenvalue weighted by Gasteiger charge is -2.08. The molecule has 4 heteroatoms. The lowest BCUT2D eigenvalue weighted by atomic mass is 10.2. The minimum Gasteiger partial charge on any atom is -0.306 e. The zero-order valence-electron chi connectivity index (χ0n) is 13.6. The predicted octanol–water partition coefficient (Wildman–Crippen LogP) is 4.00. The highest BCUT2D eigenvalue weighted by molar-refractivity contribution is 5.84. The molecular weight excluding hydrogens is 298 g/mol. The molecule has 4 aromatic rings. The first-order valence-electron chi connectivity index (χ1n) is 7.89. The number of hydrogen-bond donors (Lipinski definition) is 1. The third kappa shape index (κ3) is 2.15. The highest BCUT2D eigenvalue weighted by Crippen LogP contribution is 2.26. The number of H-pyrrole nitrogens is 1. The summed E-state index contributed by atoms with van der Waals surface area (Å²) in [6, 6.07) is 19.7. The normalized spacial score (nSPS) is 11.1. The summed E-state index contributed by atoms with van der Waals surface area (Å²) in [5.41, 5.74) is 4.48. The predicted molar refractivity (Wildman–Crippen MR) is 96.6 cm³/mol. The molecule has 0 fully saturated rings. The maximum absolute atomic E-state index is 12.7. The second kappa shape index (κ2) is 5.49. The largest absolute Gasteiger partial charge is 0.306 e. The first-order chi connectivity index (χ1) is 11.7. The molecule has 0 aliphatic carbocycles. The van der Waals surface area contributed by atoms with Crippen molar-refractivity contribution in [2.75, 3.05) is 0 Å². The summed E-state index contributed by atoms with van der Waals surface area (Å²) in [5.74, 6) is 0.586. The molecule has 2 heterocycles. The molecule has 0 saturated carbocycles. The number of aromatic nitrogens is 3. The summed E-state index contributed by atoms with van der Waals surface area (Å²) in [6.07, 6.45) is 0. The van der Waals surface area contributed by atoms with Crippen LogP contribution in [0.1, 0.15) is 11.3 Å². The van der Waals surface area contributed by atoms with Crippen LogP contribution in [0.15, 0.2) is 65.5 Å². The van der Waals surface area contributed by atoms with Crippen LogP contribution in [-0.2, 0) is 0 Å². The molecule has 0 unspecified atom stereocenters. The van der Waals surface area contributed by atoms with Gasteiger partial charge in [0.25, 0.3) is 5.56 Å². The number of rotatable bonds is 2. The van der Waals surface area contributed by atoms with Crippen LogP contribution in [-0.4, -0.2) is 14.5 Å². The smallest absolute Gasteiger partial charge is 0.260 e. The third-order valence-electron chi connectivity index (χ3n) is 4.43. The van der Waals surface area contributed by atoms with Gasteiger partial charge >= 0.3 is 0 Å². The first kappa shape index (κ1) is 14.5. The standard InChI is InChI=1S/C20H17N3O/c1-13-14(2)23(16-11-7-4-8-12-16)19-17(13)20(24)22-18(21-19)15-9-5-3-6-10-15/h3-12H,1-2H3,(H,21,22,24). The maximum atomic E-state index is 12.7. The fourth-order valence-corrected chi connectivity index (χ4v) is 3.09. The Kier molecular flexibility index (Phi) is 3.31. The lowest BCUT2D eigenvalue weighted by Crippen LogP contribution is -2.10. The van der Waals surface area contributed by atoms with Gasteiger partial charge in [0.1, 0.15) is 5.82 Å². The van der Waals surface area contributed by atoms with E-state index in [9.17, 15) is 4.79 Å². The van der Waals surface area contributed by atoms with Crippen LogP contribution in [0.3, 0.4) is 0 Å². The Morgan fingerprint density at radius 3 is 2.21 bits per heavy atom. The number of aryl methyl sites for hydroxylation is 1. The topological polar surface area (TPSA) is 50.7 Å². The fourth-order valence-electron chi connectivity index (χ4n) is 3.09. The van der Waals surface area contributed by atoms with Gasteiger partial charge < -0.3 is 4.98 Å². The SMILES string of the molecule is Cc1c(C)n(-c2ccccc2)c2nc(-c3ccccc3)[nH]c(=O)c12. The number of fused-ring (bicyclic) bond motifs is 1. The third-order valence-corrected chi connectivity index (χ3v) is 4.43. The number of nitrogens with one attached hydrogen (secondary N) is 1. The van der Waals surface area contributed by atoms with E-state index in [0.717, 1.165) is 22.5 Å². The van der Waals surface area contributed by atoms with E-state index in [4.69, 9.17) is 4.98 Å². The van der Waals surface area contributed by atoms with Crippen LogP contribution in [0.25, 0.3) is 28.1 Å². The molecular formula is C20H17N3O. The Morgan fingerprint density at radius 1 is 0.917 bits per heavy atom. The molecule has 0 aliphatic rings. The zero-order chi connectivity index (χ0) is 16.7. The molecule has 2 aromatic carbocycles. The number of para-hydroxylation sites is 1. The monoisotopic (exact) mass is 315 g/mol. The molecule has 0 saturated heterocycles. The highest BCUT2D eigenvalue weighted by Gasteiger charge is 2.17. The van der Waals surface area contributed by atoms with Crippen molar-refractivity contribution in [1.29, 1.82) is 0 Å². The molecule has 0 atom stereocenters. The number of hydrogen-bond acceptors (Lipinski definition) is 2. The van der Waals surface area contributed by atoms with Crippen LogP contribution in [0.2, 0.25) is 0 Å². The Labute approximate surface area is 139 Å². The van der Waals surface area contributed by atoms with Crippen molar-refractivity contribution in [3.05, 3.63) is 82.3 Å². The molecule has 0 radical (unpaired) electrons. The van der Waals surface area contributed by atoms with Crippen molar-refractivity contribution in [2.45, 2.75) is 13.8 Å². The average molecular weight is 315 g/mol. The van der Waals surface area contributed by atoms with Gasteiger partial charge in [0.15, 0.2) is 5.65 Å². The molecule has 118 valence electrons. The molecule has 4 nitrogen and oxygen atoms in total. The number of benzene rings is 2. The summed E-state index contributed by atoms with van der Waals surface area (Å²) in [5, 5.41) is 0.649. The Hall–Kier alpha value is -3.14. The van der Waals surface area contributed by atoms with Crippen molar-refractivity contribution in [1.82, 2.24) is 14.5 Å². The van der Waals surface area contributed by atoms with E-state index in [0.29, 0.717) is 16.9 Å². The Bertz CT molecular complexity index is 1080. The maximum Gasteiger partial charge on any atom is 0.260 e. The van der Waals surface area contributed by atoms with Gasteiger partial charge in [-0.1, -0.05) is 48.5 Å². The Balaban J connectivity index is 2.09. The van der Waals surface area contributed by atoms with Gasteiger partial charge in [-0.2, -0.15) is 0 Å². The zero-order valence-corrected chi connectivity index (χ0v) is 13.6. The van der Waals surface area contributed by atoms with Crippen LogP contribution < -0.4 is 5.56 Å². The summed E-state index contributed by atoms with van der Waals surface area (Å²) < 4.78 is 2.05. The second-order valence-corrected chi connectivity index (χ2v) is 5.86. The van der Waals surface area contributed by atoms with Gasteiger partial charge in [-0.05, 0) is 31.5 Å². The van der Waals surface area contributed by atoms with Gasteiger partial charge in [0, 0.05) is 16.9 Å². The van der Waals surface area contributed by atoms with Crippen LogP contribution in [0.5, 0.6) is 0 Å². The molecule has 0 spiro atoms. The molecule has 4 rings (SSSR count). The number of nitrogens with zero attached hydrogens (tertiary/aromatic N) is 2. The van der Waals surface area contributed by atoms with E-state index < -0.39 is 0 Å². The van der Waals surface area contributed by atoms with E-state index in [1.54, 1.807) is 0 Å². The Morgan fingerprint density at radius 2 is 1.54 bits per heavy atom. The van der Waals surface area contributed by atoms with Gasteiger partial charge in [-0.25, -0.2) is 4.98 Å². The quantitative estimate of drug-likeness (QED) is 0.608. The molecule has 1 N–H and O–H groups in total. The van der Waals surface area contributed by atoms with Crippen molar-refractivity contribution in [3.63, 3.8) is 0 Å². The van der Waals surface area contributed by atoms with Crippen LogP contribution in [0.4, 0.5) is 0 Å². The van der Waals surface area contributed by atoms with Gasteiger partial charge in [-0.15, -0.1) is 0 Å². The minimum atomic E-state index is -0.103. The minimum absolute atomic E-state index is 0.103. The van der Waals surface area contributed by atoms with Crippen LogP contribution in [0, 0.1) is 13.8 Å². The summed E-state index contributed by atoms with van der Waals surface area (Å²) in [7, 11) is 0. The van der Waals surface area contributed by atoms with E-state index >= 15 is 0 Å². The highest BCUT2D eigenvalue weighted by atomic mass is 16.1. The van der Waals surface area contributed by atoms with Gasteiger partial charge in [0.05, 0.1) is 5.39 Å². The van der Waals surface area contributed by atoms with Crippen molar-refractivity contribution < 1.29 is 0 Å². The average Bonchev–Trinajstić information content (AvgIpc) is 2.88. The molecule has 2 aromatic heterocycles. The molecule has 0 bridgehead atoms. The van der Waals surface area contributed by atoms with Gasteiger partial charge in [0.2, 0.25) is 0 Å². The van der Waals surface area contributed by atoms with E-state index in [1.807, 2.05) is 79.1 Å². The summed E-state index contributed by atoms with van der Waals surface area (Å²) in [4.78, 5) is 20.4. The second-order valence-electron chi connectivity index (χ2n) is 5.86. The van der Waals surface area contributed by atoms with Crippen molar-refractivity contribution in [2.24, 2.45) is 0 Å². The van der Waals surface area contributed by atoms with E-state index in [1.165, 1.54) is 0 Å². The lowest BCUT2D eigenvalue weighted by molar-refractivity contribution is 1.01. The first-order valence-corrected chi connectivity index (χ1v) is 7.89.